The molecular formula is C44H56N2O2. The van der Waals surface area contributed by atoms with Crippen molar-refractivity contribution in [2.75, 3.05) is 23.9 Å². The molecule has 0 aliphatic carbocycles. The molecule has 0 bridgehead atoms. The highest BCUT2D eigenvalue weighted by atomic mass is 16.6. The van der Waals surface area contributed by atoms with E-state index in [1.807, 2.05) is 24.3 Å². The molecule has 0 radical (unpaired) electrons. The third kappa shape index (κ3) is 9.98. The van der Waals surface area contributed by atoms with Crippen LogP contribution in [0.5, 0.6) is 0 Å². The predicted octanol–water partition coefficient (Wildman–Crippen LogP) is 11.8. The van der Waals surface area contributed by atoms with Gasteiger partial charge in [0, 0.05) is 36.7 Å². The average molecular weight is 645 g/mol. The summed E-state index contributed by atoms with van der Waals surface area (Å²) in [6.07, 6.45) is 18.4. The summed E-state index contributed by atoms with van der Waals surface area (Å²) in [6, 6.07) is 34.5. The molecule has 1 atom stereocenters. The highest BCUT2D eigenvalue weighted by molar-refractivity contribution is 5.94. The number of anilines is 3. The van der Waals surface area contributed by atoms with Crippen molar-refractivity contribution in [1.82, 2.24) is 0 Å². The number of carbonyl (C=O) groups excluding carboxylic acids is 1. The van der Waals surface area contributed by atoms with Gasteiger partial charge in [0.1, 0.15) is 0 Å². The number of nitrogens with zero attached hydrogens (tertiary/aromatic N) is 2. The van der Waals surface area contributed by atoms with Crippen LogP contribution in [0, 0.1) is 0 Å². The molecule has 0 N–H and O–H groups in total. The Morgan fingerprint density at radius 3 is 1.40 bits per heavy atom. The topological polar surface area (TPSA) is 32.8 Å². The number of fused-ring (bicyclic) bond motifs is 1. The van der Waals surface area contributed by atoms with Crippen molar-refractivity contribution < 1.29 is 9.53 Å². The summed E-state index contributed by atoms with van der Waals surface area (Å²) in [5, 5.41) is 0. The van der Waals surface area contributed by atoms with Crippen molar-refractivity contribution in [2.24, 2.45) is 0 Å². The summed E-state index contributed by atoms with van der Waals surface area (Å²) in [5.41, 5.74) is 9.08. The van der Waals surface area contributed by atoms with E-state index in [0.717, 1.165) is 29.8 Å². The molecule has 4 aromatic carbocycles. The fourth-order valence-electron chi connectivity index (χ4n) is 6.82. The van der Waals surface area contributed by atoms with Crippen LogP contribution in [0.25, 0.3) is 0 Å². The highest BCUT2D eigenvalue weighted by Gasteiger charge is 2.36. The molecule has 0 saturated carbocycles. The highest BCUT2D eigenvalue weighted by Crippen LogP contribution is 2.41. The summed E-state index contributed by atoms with van der Waals surface area (Å²) >= 11 is 0. The third-order valence-electron chi connectivity index (χ3n) is 9.78. The van der Waals surface area contributed by atoms with E-state index in [1.54, 1.807) is 0 Å². The zero-order valence-corrected chi connectivity index (χ0v) is 29.6. The molecule has 1 aliphatic heterocycles. The van der Waals surface area contributed by atoms with Gasteiger partial charge in [-0.1, -0.05) is 119 Å². The molecule has 4 aromatic rings. The number of aryl methyl sites for hydroxylation is 3. The molecule has 48 heavy (non-hydrogen) atoms. The number of esters is 1. The number of hydrogen-bond acceptors (Lipinski definition) is 4. The minimum atomic E-state index is -0.485. The maximum atomic E-state index is 12.8. The van der Waals surface area contributed by atoms with E-state index in [0.29, 0.717) is 5.56 Å². The molecule has 1 heterocycles. The van der Waals surface area contributed by atoms with Gasteiger partial charge < -0.3 is 14.5 Å². The fourth-order valence-corrected chi connectivity index (χ4v) is 6.82. The first-order valence-corrected chi connectivity index (χ1v) is 18.6. The van der Waals surface area contributed by atoms with Gasteiger partial charge in [-0.3, -0.25) is 0 Å². The van der Waals surface area contributed by atoms with Gasteiger partial charge in [0.25, 0.3) is 0 Å². The number of unbranched alkanes of at least 4 members (excludes halogenated alkanes) is 10. The van der Waals surface area contributed by atoms with Crippen LogP contribution in [0.15, 0.2) is 97.1 Å². The van der Waals surface area contributed by atoms with Crippen LogP contribution in [0.1, 0.15) is 123 Å². The maximum absolute atomic E-state index is 12.8. The molecule has 1 aliphatic rings. The van der Waals surface area contributed by atoms with Gasteiger partial charge in [0.2, 0.25) is 6.23 Å². The molecule has 0 saturated heterocycles. The van der Waals surface area contributed by atoms with Crippen LogP contribution in [0.3, 0.4) is 0 Å². The summed E-state index contributed by atoms with van der Waals surface area (Å²) in [5.74, 6) is -0.254. The molecule has 0 fully saturated rings. The predicted molar refractivity (Wildman–Crippen MR) is 203 cm³/mol. The van der Waals surface area contributed by atoms with Crippen molar-refractivity contribution in [3.63, 3.8) is 0 Å². The average Bonchev–Trinajstić information content (AvgIpc) is 3.44. The lowest BCUT2D eigenvalue weighted by molar-refractivity contribution is 0.0399. The second-order valence-electron chi connectivity index (χ2n) is 13.7. The standard InChI is InChI=1S/C44H56N2O2/c1-4-5-6-7-10-13-19-36-25-31-39(32-26-36)46(43-41-21-16-17-22-42(41)44(47)48-43)40-33-27-37(28-34-40)20-15-12-9-8-11-14-18-35-23-29-38(30-24-35)45(2)3/h16-17,21-34,43H,4-15,18-20H2,1-3H3. The summed E-state index contributed by atoms with van der Waals surface area (Å²) < 4.78 is 6.02. The van der Waals surface area contributed by atoms with E-state index in [-0.39, 0.29) is 5.97 Å². The lowest BCUT2D eigenvalue weighted by Gasteiger charge is -2.31. The molecular weight excluding hydrogens is 588 g/mol. The molecule has 0 aromatic heterocycles. The number of benzene rings is 4. The minimum absolute atomic E-state index is 0.254. The molecule has 4 heteroatoms. The van der Waals surface area contributed by atoms with Crippen molar-refractivity contribution >= 4 is 23.0 Å². The lowest BCUT2D eigenvalue weighted by atomic mass is 10.0. The molecule has 254 valence electrons. The third-order valence-corrected chi connectivity index (χ3v) is 9.78. The van der Waals surface area contributed by atoms with Gasteiger partial charge in [0.05, 0.1) is 5.56 Å². The Balaban J connectivity index is 1.13. The van der Waals surface area contributed by atoms with Crippen LogP contribution in [0.2, 0.25) is 0 Å². The van der Waals surface area contributed by atoms with E-state index in [1.165, 1.54) is 106 Å². The Morgan fingerprint density at radius 1 is 0.521 bits per heavy atom. The maximum Gasteiger partial charge on any atom is 0.340 e. The smallest absolute Gasteiger partial charge is 0.340 e. The monoisotopic (exact) mass is 644 g/mol. The second kappa shape index (κ2) is 18.5. The molecule has 1 unspecified atom stereocenters. The molecule has 0 spiro atoms. The van der Waals surface area contributed by atoms with E-state index in [4.69, 9.17) is 4.74 Å². The minimum Gasteiger partial charge on any atom is -0.433 e. The van der Waals surface area contributed by atoms with Crippen LogP contribution >= 0.6 is 0 Å². The van der Waals surface area contributed by atoms with Crippen molar-refractivity contribution in [2.45, 2.75) is 109 Å². The van der Waals surface area contributed by atoms with Crippen LogP contribution < -0.4 is 9.80 Å². The van der Waals surface area contributed by atoms with Crippen LogP contribution in [-0.2, 0) is 24.0 Å². The van der Waals surface area contributed by atoms with Gasteiger partial charge in [-0.25, -0.2) is 4.79 Å². The first-order valence-electron chi connectivity index (χ1n) is 18.6. The first-order chi connectivity index (χ1) is 23.5. The Labute approximate surface area is 290 Å². The van der Waals surface area contributed by atoms with Gasteiger partial charge in [0.15, 0.2) is 0 Å². The normalized spacial score (nSPS) is 13.7. The number of carbonyl (C=O) groups is 1. The van der Waals surface area contributed by atoms with Gasteiger partial charge in [-0.05, 0) is 97.7 Å². The van der Waals surface area contributed by atoms with Gasteiger partial charge in [-0.15, -0.1) is 0 Å². The Kier molecular flexibility index (Phi) is 13.6. The van der Waals surface area contributed by atoms with Crippen LogP contribution in [-0.4, -0.2) is 20.1 Å². The van der Waals surface area contributed by atoms with Crippen molar-refractivity contribution in [3.05, 3.63) is 125 Å². The van der Waals surface area contributed by atoms with Gasteiger partial charge >= 0.3 is 5.97 Å². The first kappa shape index (κ1) is 35.3. The quantitative estimate of drug-likeness (QED) is 0.0708. The van der Waals surface area contributed by atoms with Crippen molar-refractivity contribution in [1.29, 1.82) is 0 Å². The summed E-state index contributed by atoms with van der Waals surface area (Å²) in [4.78, 5) is 17.2. The van der Waals surface area contributed by atoms with Gasteiger partial charge in [-0.2, -0.15) is 0 Å². The number of ether oxygens (including phenoxy) is 1. The molecule has 4 nitrogen and oxygen atoms in total. The van der Waals surface area contributed by atoms with Crippen molar-refractivity contribution in [3.8, 4) is 0 Å². The number of hydrogen-bond donors (Lipinski definition) is 0. The van der Waals surface area contributed by atoms with E-state index in [9.17, 15) is 4.79 Å². The van der Waals surface area contributed by atoms with E-state index in [2.05, 4.69) is 104 Å². The van der Waals surface area contributed by atoms with E-state index < -0.39 is 6.23 Å². The Hall–Kier alpha value is -4.05. The fraction of sp³-hybridized carbons (Fsp3) is 0.432. The number of cyclic esters (lactones) is 1. The van der Waals surface area contributed by atoms with E-state index >= 15 is 0 Å². The van der Waals surface area contributed by atoms with Crippen LogP contribution in [0.4, 0.5) is 17.1 Å². The zero-order chi connectivity index (χ0) is 33.6. The Bertz CT molecular complexity index is 1530. The zero-order valence-electron chi connectivity index (χ0n) is 29.6. The molecule has 5 rings (SSSR count). The SMILES string of the molecule is CCCCCCCCc1ccc(N(c2ccc(CCCCCCCCc3ccc(N(C)C)cc3)cc2)C2OC(=O)c3ccccc32)cc1. The lowest BCUT2D eigenvalue weighted by Crippen LogP contribution is -2.24. The summed E-state index contributed by atoms with van der Waals surface area (Å²) in [6.45, 7) is 2.27. The number of rotatable bonds is 20. The second-order valence-corrected chi connectivity index (χ2v) is 13.7. The summed E-state index contributed by atoms with van der Waals surface area (Å²) in [7, 11) is 4.18. The largest absolute Gasteiger partial charge is 0.433 e. The molecule has 0 amide bonds. The Morgan fingerprint density at radius 2 is 0.938 bits per heavy atom.